The van der Waals surface area contributed by atoms with E-state index in [0.29, 0.717) is 31.6 Å². The molecule has 1 atom stereocenters. The molecule has 0 fully saturated rings. The molecule has 1 N–H and O–H groups in total. The van der Waals surface area contributed by atoms with Gasteiger partial charge < -0.3 is 19.4 Å². The van der Waals surface area contributed by atoms with E-state index in [1.807, 2.05) is 55.5 Å². The summed E-state index contributed by atoms with van der Waals surface area (Å²) in [5.74, 6) is -1.15. The van der Waals surface area contributed by atoms with E-state index in [4.69, 9.17) is 14.3 Å². The zero-order valence-electron chi connectivity index (χ0n) is 19.2. The number of pyridine rings is 1. The first-order chi connectivity index (χ1) is 16.1. The summed E-state index contributed by atoms with van der Waals surface area (Å²) in [4.78, 5) is 21.2. The van der Waals surface area contributed by atoms with Crippen molar-refractivity contribution in [2.24, 2.45) is 11.1 Å². The summed E-state index contributed by atoms with van der Waals surface area (Å²) in [7, 11) is 3.19. The van der Waals surface area contributed by atoms with Crippen molar-refractivity contribution in [3.63, 3.8) is 0 Å². The van der Waals surface area contributed by atoms with Gasteiger partial charge in [0.25, 0.3) is 0 Å². The molecule has 0 aliphatic carbocycles. The predicted octanol–water partition coefficient (Wildman–Crippen LogP) is 5.19. The quantitative estimate of drug-likeness (QED) is 0.177. The number of hydrogen-bond donors (Lipinski definition) is 1. The lowest BCUT2D eigenvalue weighted by Crippen LogP contribution is -2.15. The van der Waals surface area contributed by atoms with Crippen molar-refractivity contribution in [2.45, 2.75) is 32.5 Å². The number of hydrogen-bond acceptors (Lipinski definition) is 6. The maximum atomic E-state index is 11.3. The minimum absolute atomic E-state index is 0.311. The zero-order chi connectivity index (χ0) is 23.6. The lowest BCUT2D eigenvalue weighted by molar-refractivity contribution is -0.142. The van der Waals surface area contributed by atoms with Crippen molar-refractivity contribution >= 4 is 22.5 Å². The SMILES string of the molecule is CCC(CCCON=C(c1cccnc1)c1c(C(OC)OC)ccc2ccccc12)C(=O)O. The molecule has 0 spiro atoms. The van der Waals surface area contributed by atoms with Crippen LogP contribution in [0, 0.1) is 5.92 Å². The molecule has 3 rings (SSSR count). The fraction of sp³-hybridized carbons (Fsp3) is 0.346. The van der Waals surface area contributed by atoms with Gasteiger partial charge >= 0.3 is 5.97 Å². The Bertz CT molecular complexity index is 1080. The Morgan fingerprint density at radius 2 is 1.88 bits per heavy atom. The van der Waals surface area contributed by atoms with Gasteiger partial charge in [0.2, 0.25) is 0 Å². The molecule has 0 saturated heterocycles. The van der Waals surface area contributed by atoms with Crippen LogP contribution in [0.1, 0.15) is 49.2 Å². The van der Waals surface area contributed by atoms with E-state index >= 15 is 0 Å². The lowest BCUT2D eigenvalue weighted by Gasteiger charge is -2.20. The van der Waals surface area contributed by atoms with E-state index in [2.05, 4.69) is 10.1 Å². The van der Waals surface area contributed by atoms with Gasteiger partial charge in [-0.3, -0.25) is 9.78 Å². The fourth-order valence-corrected chi connectivity index (χ4v) is 3.85. The van der Waals surface area contributed by atoms with Crippen LogP contribution in [-0.4, -0.2) is 42.6 Å². The van der Waals surface area contributed by atoms with Gasteiger partial charge in [-0.25, -0.2) is 0 Å². The van der Waals surface area contributed by atoms with Gasteiger partial charge in [0.15, 0.2) is 6.29 Å². The molecule has 0 bridgehead atoms. The first kappa shape index (κ1) is 24.4. The topological polar surface area (TPSA) is 90.2 Å². The Kier molecular flexibility index (Phi) is 8.92. The van der Waals surface area contributed by atoms with Crippen LogP contribution in [0.4, 0.5) is 0 Å². The number of methoxy groups -OCH3 is 2. The third kappa shape index (κ3) is 5.94. The van der Waals surface area contributed by atoms with Crippen LogP contribution >= 0.6 is 0 Å². The summed E-state index contributed by atoms with van der Waals surface area (Å²) < 4.78 is 11.2. The minimum Gasteiger partial charge on any atom is -0.481 e. The number of aromatic nitrogens is 1. The van der Waals surface area contributed by atoms with Gasteiger partial charge in [0, 0.05) is 43.3 Å². The normalized spacial score (nSPS) is 12.8. The van der Waals surface area contributed by atoms with Crippen molar-refractivity contribution in [1.29, 1.82) is 0 Å². The van der Waals surface area contributed by atoms with E-state index in [1.165, 1.54) is 0 Å². The number of aliphatic carboxylic acids is 1. The number of fused-ring (bicyclic) bond motifs is 1. The molecule has 7 heteroatoms. The minimum atomic E-state index is -0.775. The molecule has 2 aromatic carbocycles. The number of carbonyl (C=O) groups is 1. The van der Waals surface area contributed by atoms with E-state index < -0.39 is 12.3 Å². The van der Waals surface area contributed by atoms with Crippen molar-refractivity contribution < 1.29 is 24.2 Å². The standard InChI is InChI=1S/C26H30N2O5/c1-4-18(25(29)30)11-8-16-33-28-24(20-10-7-15-27-17-20)23-21-12-6-5-9-19(21)13-14-22(23)26(31-2)32-3/h5-7,9-10,12-15,17-18,26H,4,8,11,16H2,1-3H3,(H,29,30). The molecule has 0 aliphatic heterocycles. The Labute approximate surface area is 194 Å². The highest BCUT2D eigenvalue weighted by atomic mass is 16.7. The van der Waals surface area contributed by atoms with Crippen molar-refractivity contribution in [1.82, 2.24) is 4.98 Å². The third-order valence-corrected chi connectivity index (χ3v) is 5.60. The van der Waals surface area contributed by atoms with E-state index in [1.54, 1.807) is 26.6 Å². The smallest absolute Gasteiger partial charge is 0.306 e. The Balaban J connectivity index is 2.02. The van der Waals surface area contributed by atoms with Gasteiger partial charge in [-0.1, -0.05) is 48.5 Å². The van der Waals surface area contributed by atoms with Crippen LogP contribution in [0.15, 0.2) is 66.1 Å². The lowest BCUT2D eigenvalue weighted by atomic mass is 9.92. The number of nitrogens with zero attached hydrogens (tertiary/aromatic N) is 2. The van der Waals surface area contributed by atoms with Crippen LogP contribution in [0.3, 0.4) is 0 Å². The van der Waals surface area contributed by atoms with Crippen LogP contribution in [0.25, 0.3) is 10.8 Å². The van der Waals surface area contributed by atoms with Gasteiger partial charge in [0.1, 0.15) is 12.3 Å². The number of carboxylic acid groups (broad SMARTS) is 1. The average Bonchev–Trinajstić information content (AvgIpc) is 2.85. The highest BCUT2D eigenvalue weighted by molar-refractivity contribution is 6.20. The molecule has 1 heterocycles. The summed E-state index contributed by atoms with van der Waals surface area (Å²) in [5.41, 5.74) is 3.06. The summed E-state index contributed by atoms with van der Waals surface area (Å²) in [5, 5.41) is 15.8. The van der Waals surface area contributed by atoms with Gasteiger partial charge in [0.05, 0.1) is 5.92 Å². The highest BCUT2D eigenvalue weighted by Crippen LogP contribution is 2.31. The molecular formula is C26H30N2O5. The second-order valence-electron chi connectivity index (χ2n) is 7.65. The number of benzene rings is 2. The van der Waals surface area contributed by atoms with Gasteiger partial charge in [-0.05, 0) is 42.2 Å². The summed E-state index contributed by atoms with van der Waals surface area (Å²) >= 11 is 0. The van der Waals surface area contributed by atoms with Crippen molar-refractivity contribution in [2.75, 3.05) is 20.8 Å². The van der Waals surface area contributed by atoms with Crippen LogP contribution in [0.2, 0.25) is 0 Å². The monoisotopic (exact) mass is 450 g/mol. The number of carboxylic acids is 1. The Morgan fingerprint density at radius 3 is 2.55 bits per heavy atom. The summed E-state index contributed by atoms with van der Waals surface area (Å²) in [6.45, 7) is 2.19. The molecule has 7 nitrogen and oxygen atoms in total. The van der Waals surface area contributed by atoms with Crippen molar-refractivity contribution in [3.05, 3.63) is 77.6 Å². The van der Waals surface area contributed by atoms with E-state index in [9.17, 15) is 9.90 Å². The largest absolute Gasteiger partial charge is 0.481 e. The predicted molar refractivity (Wildman–Crippen MR) is 127 cm³/mol. The number of rotatable bonds is 12. The molecule has 1 unspecified atom stereocenters. The summed E-state index contributed by atoms with van der Waals surface area (Å²) in [6, 6.07) is 15.8. The molecule has 1 aromatic heterocycles. The first-order valence-electron chi connectivity index (χ1n) is 11.0. The van der Waals surface area contributed by atoms with Crippen LogP contribution in [-0.2, 0) is 19.1 Å². The number of oxime groups is 1. The molecule has 174 valence electrons. The van der Waals surface area contributed by atoms with E-state index in [-0.39, 0.29) is 5.92 Å². The first-order valence-corrected chi connectivity index (χ1v) is 11.0. The Morgan fingerprint density at radius 1 is 1.09 bits per heavy atom. The maximum absolute atomic E-state index is 11.3. The molecular weight excluding hydrogens is 420 g/mol. The average molecular weight is 451 g/mol. The third-order valence-electron chi connectivity index (χ3n) is 5.60. The van der Waals surface area contributed by atoms with Gasteiger partial charge in [-0.2, -0.15) is 0 Å². The highest BCUT2D eigenvalue weighted by Gasteiger charge is 2.22. The van der Waals surface area contributed by atoms with Crippen LogP contribution < -0.4 is 0 Å². The molecule has 33 heavy (non-hydrogen) atoms. The second-order valence-corrected chi connectivity index (χ2v) is 7.65. The van der Waals surface area contributed by atoms with Crippen molar-refractivity contribution in [3.8, 4) is 0 Å². The molecule has 0 radical (unpaired) electrons. The fourth-order valence-electron chi connectivity index (χ4n) is 3.85. The molecule has 0 saturated carbocycles. The Hall–Kier alpha value is -3.29. The maximum Gasteiger partial charge on any atom is 0.306 e. The van der Waals surface area contributed by atoms with Gasteiger partial charge in [-0.15, -0.1) is 0 Å². The molecule has 0 amide bonds. The molecule has 3 aromatic rings. The van der Waals surface area contributed by atoms with Crippen LogP contribution in [0.5, 0.6) is 0 Å². The summed E-state index contributed by atoms with van der Waals surface area (Å²) in [6.07, 6.45) is 4.57. The zero-order valence-corrected chi connectivity index (χ0v) is 19.2. The van der Waals surface area contributed by atoms with E-state index in [0.717, 1.165) is 27.5 Å². The number of ether oxygens (including phenoxy) is 2. The second kappa shape index (κ2) is 12.1. The molecule has 0 aliphatic rings.